The van der Waals surface area contributed by atoms with E-state index < -0.39 is 0 Å². The lowest BCUT2D eigenvalue weighted by Gasteiger charge is -2.38. The van der Waals surface area contributed by atoms with E-state index in [0.717, 1.165) is 37.6 Å². The molecule has 1 fully saturated rings. The van der Waals surface area contributed by atoms with Crippen LogP contribution in [0, 0.1) is 0 Å². The van der Waals surface area contributed by atoms with E-state index in [1.54, 1.807) is 6.92 Å². The van der Waals surface area contributed by atoms with Gasteiger partial charge in [-0.25, -0.2) is 9.97 Å². The Morgan fingerprint density at radius 1 is 1.23 bits per heavy atom. The second kappa shape index (κ2) is 8.30. The van der Waals surface area contributed by atoms with E-state index in [-0.39, 0.29) is 17.8 Å². The van der Waals surface area contributed by atoms with Crippen molar-refractivity contribution in [3.05, 3.63) is 47.8 Å². The largest absolute Gasteiger partial charge is 0.487 e. The molecule has 1 aromatic heterocycles. The summed E-state index contributed by atoms with van der Waals surface area (Å²) < 4.78 is 6.02. The van der Waals surface area contributed by atoms with Crippen LogP contribution in [0.5, 0.6) is 5.75 Å². The fourth-order valence-electron chi connectivity index (χ4n) is 3.22. The van der Waals surface area contributed by atoms with Gasteiger partial charge in [-0.15, -0.1) is 0 Å². The first-order valence-electron chi connectivity index (χ1n) is 9.37. The van der Waals surface area contributed by atoms with Crippen LogP contribution in [0.15, 0.2) is 36.7 Å². The third-order valence-corrected chi connectivity index (χ3v) is 4.71. The van der Waals surface area contributed by atoms with E-state index in [4.69, 9.17) is 4.74 Å². The molecule has 26 heavy (non-hydrogen) atoms. The molecule has 3 rings (SSSR count). The third-order valence-electron chi connectivity index (χ3n) is 4.71. The summed E-state index contributed by atoms with van der Waals surface area (Å²) in [7, 11) is 0. The zero-order valence-corrected chi connectivity index (χ0v) is 15.8. The standard InChI is InChI=1S/C21H27N3O2/c1-4-5-17-11-22-21(23-12-17)24-13-20(14-24)26-19-8-6-18(7-9-19)15(2)10-16(3)25/h6-9,11-12,15,20H,4-5,10,13-14H2,1-3H3/t15-/m1/s1. The van der Waals surface area contributed by atoms with Crippen molar-refractivity contribution in [2.75, 3.05) is 18.0 Å². The maximum Gasteiger partial charge on any atom is 0.225 e. The Kier molecular flexibility index (Phi) is 5.86. The quantitative estimate of drug-likeness (QED) is 0.723. The Hall–Kier alpha value is -2.43. The number of benzene rings is 1. The fourth-order valence-corrected chi connectivity index (χ4v) is 3.22. The molecule has 0 bridgehead atoms. The van der Waals surface area contributed by atoms with E-state index in [2.05, 4.69) is 40.8 Å². The monoisotopic (exact) mass is 353 g/mol. The molecular formula is C21H27N3O2. The van der Waals surface area contributed by atoms with Crippen molar-refractivity contribution in [1.29, 1.82) is 0 Å². The Morgan fingerprint density at radius 2 is 1.88 bits per heavy atom. The average molecular weight is 353 g/mol. The molecule has 1 saturated heterocycles. The molecule has 0 radical (unpaired) electrons. The van der Waals surface area contributed by atoms with Gasteiger partial charge in [-0.1, -0.05) is 32.4 Å². The maximum absolute atomic E-state index is 11.2. The second-order valence-electron chi connectivity index (χ2n) is 7.16. The van der Waals surface area contributed by atoms with Crippen LogP contribution in [0.1, 0.15) is 50.7 Å². The van der Waals surface area contributed by atoms with Gasteiger partial charge in [0.2, 0.25) is 5.95 Å². The number of hydrogen-bond donors (Lipinski definition) is 0. The Morgan fingerprint density at radius 3 is 2.46 bits per heavy atom. The van der Waals surface area contributed by atoms with Crippen molar-refractivity contribution in [2.45, 2.75) is 52.1 Å². The van der Waals surface area contributed by atoms with Crippen LogP contribution < -0.4 is 9.64 Å². The first-order chi connectivity index (χ1) is 12.5. The van der Waals surface area contributed by atoms with Gasteiger partial charge in [0.1, 0.15) is 17.6 Å². The number of carbonyl (C=O) groups excluding carboxylic acids is 1. The van der Waals surface area contributed by atoms with Gasteiger partial charge in [0.15, 0.2) is 0 Å². The summed E-state index contributed by atoms with van der Waals surface area (Å²) in [6, 6.07) is 8.08. The van der Waals surface area contributed by atoms with Crippen LogP contribution in [0.3, 0.4) is 0 Å². The summed E-state index contributed by atoms with van der Waals surface area (Å²) in [4.78, 5) is 22.3. The summed E-state index contributed by atoms with van der Waals surface area (Å²) in [5, 5.41) is 0. The predicted octanol–water partition coefficient (Wildman–Crippen LogP) is 3.78. The van der Waals surface area contributed by atoms with E-state index >= 15 is 0 Å². The van der Waals surface area contributed by atoms with Crippen molar-refractivity contribution in [3.63, 3.8) is 0 Å². The molecule has 0 unspecified atom stereocenters. The lowest BCUT2D eigenvalue weighted by Crippen LogP contribution is -2.54. The number of hydrogen-bond acceptors (Lipinski definition) is 5. The third kappa shape index (κ3) is 4.59. The number of anilines is 1. The molecule has 0 aliphatic carbocycles. The summed E-state index contributed by atoms with van der Waals surface area (Å²) in [5.41, 5.74) is 2.35. The van der Waals surface area contributed by atoms with Gasteiger partial charge < -0.3 is 14.4 Å². The van der Waals surface area contributed by atoms with Crippen molar-refractivity contribution in [2.24, 2.45) is 0 Å². The maximum atomic E-state index is 11.2. The molecule has 5 nitrogen and oxygen atoms in total. The van der Waals surface area contributed by atoms with E-state index in [0.29, 0.717) is 6.42 Å². The van der Waals surface area contributed by atoms with Gasteiger partial charge in [0.05, 0.1) is 13.1 Å². The molecule has 0 amide bonds. The number of aromatic nitrogens is 2. The number of nitrogens with zero attached hydrogens (tertiary/aromatic N) is 3. The molecule has 2 heterocycles. The number of ketones is 1. The highest BCUT2D eigenvalue weighted by atomic mass is 16.5. The summed E-state index contributed by atoms with van der Waals surface area (Å²) in [6.45, 7) is 7.47. The lowest BCUT2D eigenvalue weighted by atomic mass is 9.96. The van der Waals surface area contributed by atoms with E-state index in [1.165, 1.54) is 11.1 Å². The number of Topliss-reactive ketones (excluding diaryl/α,β-unsaturated/α-hetero) is 1. The van der Waals surface area contributed by atoms with Gasteiger partial charge in [-0.3, -0.25) is 0 Å². The summed E-state index contributed by atoms with van der Waals surface area (Å²) in [6.07, 6.45) is 6.70. The van der Waals surface area contributed by atoms with Crippen LogP contribution in [-0.4, -0.2) is 34.9 Å². The number of rotatable bonds is 8. The van der Waals surface area contributed by atoms with Gasteiger partial charge in [0, 0.05) is 18.8 Å². The van der Waals surface area contributed by atoms with Gasteiger partial charge in [-0.2, -0.15) is 0 Å². The van der Waals surface area contributed by atoms with Gasteiger partial charge in [-0.05, 0) is 42.5 Å². The van der Waals surface area contributed by atoms with Crippen LogP contribution in [-0.2, 0) is 11.2 Å². The SMILES string of the molecule is CCCc1cnc(N2CC(Oc3ccc([C@H](C)CC(C)=O)cc3)C2)nc1. The minimum Gasteiger partial charge on any atom is -0.487 e. The van der Waals surface area contributed by atoms with Crippen LogP contribution >= 0.6 is 0 Å². The molecular weight excluding hydrogens is 326 g/mol. The molecule has 5 heteroatoms. The predicted molar refractivity (Wildman–Crippen MR) is 103 cm³/mol. The number of aryl methyl sites for hydroxylation is 1. The zero-order chi connectivity index (χ0) is 18.5. The molecule has 138 valence electrons. The summed E-state index contributed by atoms with van der Waals surface area (Å²) in [5.74, 6) is 2.11. The Bertz CT molecular complexity index is 722. The highest BCUT2D eigenvalue weighted by Gasteiger charge is 2.30. The van der Waals surface area contributed by atoms with E-state index in [9.17, 15) is 4.79 Å². The van der Waals surface area contributed by atoms with Crippen molar-refractivity contribution in [3.8, 4) is 5.75 Å². The van der Waals surface area contributed by atoms with Crippen molar-refractivity contribution in [1.82, 2.24) is 9.97 Å². The summed E-state index contributed by atoms with van der Waals surface area (Å²) >= 11 is 0. The van der Waals surface area contributed by atoms with Crippen molar-refractivity contribution >= 4 is 11.7 Å². The van der Waals surface area contributed by atoms with Crippen LogP contribution in [0.4, 0.5) is 5.95 Å². The number of ether oxygens (including phenoxy) is 1. The lowest BCUT2D eigenvalue weighted by molar-refractivity contribution is -0.117. The average Bonchev–Trinajstić information content (AvgIpc) is 2.59. The minimum absolute atomic E-state index is 0.161. The molecule has 1 aliphatic heterocycles. The molecule has 1 aromatic carbocycles. The highest BCUT2D eigenvalue weighted by molar-refractivity contribution is 5.76. The topological polar surface area (TPSA) is 55.3 Å². The zero-order valence-electron chi connectivity index (χ0n) is 15.8. The molecule has 0 spiro atoms. The van der Waals surface area contributed by atoms with Crippen LogP contribution in [0.25, 0.3) is 0 Å². The van der Waals surface area contributed by atoms with Gasteiger partial charge >= 0.3 is 0 Å². The fraction of sp³-hybridized carbons (Fsp3) is 0.476. The smallest absolute Gasteiger partial charge is 0.225 e. The first kappa shape index (κ1) is 18.4. The minimum atomic E-state index is 0.161. The first-order valence-corrected chi connectivity index (χ1v) is 9.37. The molecule has 1 atom stereocenters. The number of carbonyl (C=O) groups is 1. The van der Waals surface area contributed by atoms with Gasteiger partial charge in [0.25, 0.3) is 0 Å². The molecule has 2 aromatic rings. The van der Waals surface area contributed by atoms with E-state index in [1.807, 2.05) is 24.5 Å². The molecule has 0 saturated carbocycles. The van der Waals surface area contributed by atoms with Crippen LogP contribution in [0.2, 0.25) is 0 Å². The highest BCUT2D eigenvalue weighted by Crippen LogP contribution is 2.25. The molecule has 1 aliphatic rings. The molecule has 0 N–H and O–H groups in total. The normalized spacial score (nSPS) is 15.4. The Balaban J connectivity index is 1.48. The van der Waals surface area contributed by atoms with Crippen molar-refractivity contribution < 1.29 is 9.53 Å². The second-order valence-corrected chi connectivity index (χ2v) is 7.16. The Labute approximate surface area is 155 Å².